The van der Waals surface area contributed by atoms with Crippen LogP contribution in [0.15, 0.2) is 0 Å². The van der Waals surface area contributed by atoms with E-state index in [0.717, 1.165) is 6.54 Å². The molecule has 0 aliphatic carbocycles. The molecule has 0 aliphatic heterocycles. The summed E-state index contributed by atoms with van der Waals surface area (Å²) in [6.07, 6.45) is -0.0224. The standard InChI is InChI=1S/C13H27N3O3/c1-11(2)10-16(9-8-14(3)4)13(19)15(5)7-6-12(17)18/h11H,6-10H2,1-5H3,(H,17,18). The summed E-state index contributed by atoms with van der Waals surface area (Å²) in [4.78, 5) is 28.1. The SMILES string of the molecule is CC(C)CN(CCN(C)C)C(=O)N(C)CCC(=O)O. The lowest BCUT2D eigenvalue weighted by molar-refractivity contribution is -0.137. The van der Waals surface area contributed by atoms with Crippen molar-refractivity contribution in [2.75, 3.05) is 47.3 Å². The first kappa shape index (κ1) is 17.7. The first-order chi connectivity index (χ1) is 8.73. The highest BCUT2D eigenvalue weighted by Gasteiger charge is 2.19. The summed E-state index contributed by atoms with van der Waals surface area (Å²) < 4.78 is 0. The van der Waals surface area contributed by atoms with Gasteiger partial charge in [-0.3, -0.25) is 4.79 Å². The van der Waals surface area contributed by atoms with Gasteiger partial charge >= 0.3 is 12.0 Å². The molecule has 0 aliphatic rings. The highest BCUT2D eigenvalue weighted by atomic mass is 16.4. The van der Waals surface area contributed by atoms with Crippen LogP contribution in [0.25, 0.3) is 0 Å². The van der Waals surface area contributed by atoms with Crippen LogP contribution in [0.3, 0.4) is 0 Å². The fourth-order valence-electron chi connectivity index (χ4n) is 1.63. The van der Waals surface area contributed by atoms with E-state index >= 15 is 0 Å². The van der Waals surface area contributed by atoms with E-state index in [4.69, 9.17) is 5.11 Å². The molecule has 0 radical (unpaired) electrons. The van der Waals surface area contributed by atoms with E-state index in [1.54, 1.807) is 11.9 Å². The number of hydrogen-bond acceptors (Lipinski definition) is 3. The van der Waals surface area contributed by atoms with Crippen molar-refractivity contribution < 1.29 is 14.7 Å². The molecular weight excluding hydrogens is 246 g/mol. The highest BCUT2D eigenvalue weighted by molar-refractivity contribution is 5.75. The molecule has 0 bridgehead atoms. The number of likely N-dealkylation sites (N-methyl/N-ethyl adjacent to an activating group) is 1. The van der Waals surface area contributed by atoms with E-state index in [2.05, 4.69) is 13.8 Å². The average molecular weight is 273 g/mol. The van der Waals surface area contributed by atoms with Gasteiger partial charge in [0.05, 0.1) is 6.42 Å². The molecule has 2 amide bonds. The quantitative estimate of drug-likeness (QED) is 0.717. The Bertz CT molecular complexity index is 293. The number of hydrogen-bond donors (Lipinski definition) is 1. The number of carboxylic acid groups (broad SMARTS) is 1. The van der Waals surface area contributed by atoms with Gasteiger partial charge in [0.25, 0.3) is 0 Å². The summed E-state index contributed by atoms with van der Waals surface area (Å²) in [6.45, 7) is 6.50. The van der Waals surface area contributed by atoms with Crippen LogP contribution in [0.4, 0.5) is 4.79 Å². The Labute approximate surface area is 116 Å². The third kappa shape index (κ3) is 8.42. The minimum atomic E-state index is -0.886. The third-order valence-corrected chi connectivity index (χ3v) is 2.66. The lowest BCUT2D eigenvalue weighted by Crippen LogP contribution is -2.46. The molecular formula is C13H27N3O3. The Morgan fingerprint density at radius 3 is 2.05 bits per heavy atom. The second-order valence-electron chi connectivity index (χ2n) is 5.49. The maximum Gasteiger partial charge on any atom is 0.319 e. The number of nitrogens with zero attached hydrogens (tertiary/aromatic N) is 3. The average Bonchev–Trinajstić information content (AvgIpc) is 2.29. The molecule has 0 saturated heterocycles. The molecule has 0 unspecified atom stereocenters. The van der Waals surface area contributed by atoms with Crippen molar-refractivity contribution >= 4 is 12.0 Å². The van der Waals surface area contributed by atoms with Gasteiger partial charge in [-0.1, -0.05) is 13.8 Å². The summed E-state index contributed by atoms with van der Waals surface area (Å²) in [7, 11) is 5.58. The molecule has 0 saturated carbocycles. The summed E-state index contributed by atoms with van der Waals surface area (Å²) in [5.41, 5.74) is 0. The lowest BCUT2D eigenvalue weighted by Gasteiger charge is -2.30. The van der Waals surface area contributed by atoms with Gasteiger partial charge in [-0.25, -0.2) is 4.79 Å². The van der Waals surface area contributed by atoms with Gasteiger partial charge in [-0.15, -0.1) is 0 Å². The molecule has 6 nitrogen and oxygen atoms in total. The van der Waals surface area contributed by atoms with Crippen LogP contribution < -0.4 is 0 Å². The number of carbonyl (C=O) groups excluding carboxylic acids is 1. The summed E-state index contributed by atoms with van der Waals surface area (Å²) in [6, 6.07) is -0.100. The maximum absolute atomic E-state index is 12.2. The van der Waals surface area contributed by atoms with Crippen LogP contribution in [0.2, 0.25) is 0 Å². The van der Waals surface area contributed by atoms with Crippen LogP contribution in [0, 0.1) is 5.92 Å². The summed E-state index contributed by atoms with van der Waals surface area (Å²) in [5, 5.41) is 8.65. The smallest absolute Gasteiger partial charge is 0.319 e. The molecule has 6 heteroatoms. The number of rotatable bonds is 8. The van der Waals surface area contributed by atoms with Crippen molar-refractivity contribution in [3.8, 4) is 0 Å². The first-order valence-electron chi connectivity index (χ1n) is 6.60. The summed E-state index contributed by atoms with van der Waals surface area (Å²) in [5.74, 6) is -0.498. The van der Waals surface area contributed by atoms with E-state index in [9.17, 15) is 9.59 Å². The van der Waals surface area contributed by atoms with E-state index in [1.165, 1.54) is 4.90 Å². The Morgan fingerprint density at radius 2 is 1.63 bits per heavy atom. The largest absolute Gasteiger partial charge is 0.481 e. The molecule has 0 spiro atoms. The Balaban J connectivity index is 4.46. The zero-order chi connectivity index (χ0) is 15.0. The Hall–Kier alpha value is -1.30. The number of carbonyl (C=O) groups is 2. The predicted octanol–water partition coefficient (Wildman–Crippen LogP) is 1.03. The molecule has 0 atom stereocenters. The van der Waals surface area contributed by atoms with E-state index in [1.807, 2.05) is 19.0 Å². The van der Waals surface area contributed by atoms with Crippen LogP contribution in [0.1, 0.15) is 20.3 Å². The first-order valence-corrected chi connectivity index (χ1v) is 6.60. The van der Waals surface area contributed by atoms with Gasteiger partial charge < -0.3 is 19.8 Å². The van der Waals surface area contributed by atoms with Crippen molar-refractivity contribution in [1.29, 1.82) is 0 Å². The van der Waals surface area contributed by atoms with Gasteiger partial charge in [-0.2, -0.15) is 0 Å². The van der Waals surface area contributed by atoms with Gasteiger partial charge in [0.15, 0.2) is 0 Å². The van der Waals surface area contributed by atoms with E-state index < -0.39 is 5.97 Å². The zero-order valence-corrected chi connectivity index (χ0v) is 12.7. The molecule has 112 valence electrons. The van der Waals surface area contributed by atoms with E-state index in [-0.39, 0.29) is 19.0 Å². The van der Waals surface area contributed by atoms with Crippen molar-refractivity contribution in [3.05, 3.63) is 0 Å². The minimum Gasteiger partial charge on any atom is -0.481 e. The molecule has 0 aromatic carbocycles. The molecule has 0 aromatic rings. The lowest BCUT2D eigenvalue weighted by atomic mass is 10.2. The monoisotopic (exact) mass is 273 g/mol. The van der Waals surface area contributed by atoms with Crippen LogP contribution in [0.5, 0.6) is 0 Å². The predicted molar refractivity (Wildman–Crippen MR) is 75.2 cm³/mol. The molecule has 19 heavy (non-hydrogen) atoms. The number of aliphatic carboxylic acids is 1. The van der Waals surface area contributed by atoms with Gasteiger partial charge in [-0.05, 0) is 20.0 Å². The van der Waals surface area contributed by atoms with Crippen molar-refractivity contribution in [3.63, 3.8) is 0 Å². The Morgan fingerprint density at radius 1 is 1.05 bits per heavy atom. The van der Waals surface area contributed by atoms with Crippen molar-refractivity contribution in [2.45, 2.75) is 20.3 Å². The van der Waals surface area contributed by atoms with Gasteiger partial charge in [0, 0.05) is 33.2 Å². The topological polar surface area (TPSA) is 64.1 Å². The molecule has 0 rings (SSSR count). The second kappa shape index (κ2) is 8.74. The second-order valence-corrected chi connectivity index (χ2v) is 5.49. The zero-order valence-electron chi connectivity index (χ0n) is 12.7. The molecule has 1 N–H and O–H groups in total. The number of amides is 2. The van der Waals surface area contributed by atoms with Crippen LogP contribution in [-0.2, 0) is 4.79 Å². The minimum absolute atomic E-state index is 0.0224. The maximum atomic E-state index is 12.2. The van der Waals surface area contributed by atoms with E-state index in [0.29, 0.717) is 19.0 Å². The van der Waals surface area contributed by atoms with Crippen molar-refractivity contribution in [1.82, 2.24) is 14.7 Å². The van der Waals surface area contributed by atoms with Crippen LogP contribution >= 0.6 is 0 Å². The number of urea groups is 1. The van der Waals surface area contributed by atoms with Crippen LogP contribution in [-0.4, -0.2) is 79.1 Å². The van der Waals surface area contributed by atoms with Crippen molar-refractivity contribution in [2.24, 2.45) is 5.92 Å². The molecule has 0 fully saturated rings. The van der Waals surface area contributed by atoms with Gasteiger partial charge in [0.2, 0.25) is 0 Å². The molecule has 0 aromatic heterocycles. The fraction of sp³-hybridized carbons (Fsp3) is 0.846. The third-order valence-electron chi connectivity index (χ3n) is 2.66. The highest BCUT2D eigenvalue weighted by Crippen LogP contribution is 2.04. The Kier molecular flexibility index (Phi) is 8.14. The normalized spacial score (nSPS) is 10.9. The molecule has 0 heterocycles. The summed E-state index contributed by atoms with van der Waals surface area (Å²) >= 11 is 0. The fourth-order valence-corrected chi connectivity index (χ4v) is 1.63. The van der Waals surface area contributed by atoms with Gasteiger partial charge in [0.1, 0.15) is 0 Å². The number of carboxylic acids is 1.